The van der Waals surface area contributed by atoms with Gasteiger partial charge in [0.25, 0.3) is 11.8 Å². The Morgan fingerprint density at radius 2 is 2.00 bits per heavy atom. The average Bonchev–Trinajstić information content (AvgIpc) is 3.17. The molecule has 8 heteroatoms. The van der Waals surface area contributed by atoms with Crippen LogP contribution >= 0.6 is 11.6 Å². The molecule has 1 saturated heterocycles. The Balaban J connectivity index is 1.36. The first kappa shape index (κ1) is 20.9. The number of nitrogens with one attached hydrogen (secondary N) is 2. The number of carbonyl (C=O) groups is 3. The van der Waals surface area contributed by atoms with Gasteiger partial charge in [-0.25, -0.2) is 0 Å². The van der Waals surface area contributed by atoms with E-state index >= 15 is 0 Å². The SMILES string of the molecule is O=C1Nc2cc(C(=O)NCCCN3CCCC3=O)ccc2O/C1=C\c1ccc(Cl)cc1. The molecule has 160 valence electrons. The third-order valence-electron chi connectivity index (χ3n) is 5.16. The molecule has 2 N–H and O–H groups in total. The number of hydrogen-bond acceptors (Lipinski definition) is 4. The minimum Gasteiger partial charge on any atom is -0.449 e. The van der Waals surface area contributed by atoms with Crippen molar-refractivity contribution in [2.45, 2.75) is 19.3 Å². The average molecular weight is 440 g/mol. The lowest BCUT2D eigenvalue weighted by Gasteiger charge is -2.20. The van der Waals surface area contributed by atoms with Crippen LogP contribution < -0.4 is 15.4 Å². The van der Waals surface area contributed by atoms with Gasteiger partial charge in [0.1, 0.15) is 0 Å². The number of nitrogens with zero attached hydrogens (tertiary/aromatic N) is 1. The Kier molecular flexibility index (Phi) is 6.23. The number of rotatable bonds is 6. The number of fused-ring (bicyclic) bond motifs is 1. The van der Waals surface area contributed by atoms with Gasteiger partial charge in [-0.15, -0.1) is 0 Å². The molecule has 4 rings (SSSR count). The van der Waals surface area contributed by atoms with Crippen LogP contribution in [0.4, 0.5) is 5.69 Å². The molecule has 2 aliphatic heterocycles. The molecule has 0 aliphatic carbocycles. The molecule has 0 unspecified atom stereocenters. The van der Waals surface area contributed by atoms with E-state index in [9.17, 15) is 14.4 Å². The number of hydrogen-bond donors (Lipinski definition) is 2. The molecule has 2 heterocycles. The quantitative estimate of drug-likeness (QED) is 0.533. The highest BCUT2D eigenvalue weighted by atomic mass is 35.5. The van der Waals surface area contributed by atoms with E-state index < -0.39 is 5.91 Å². The van der Waals surface area contributed by atoms with Gasteiger partial charge in [0.2, 0.25) is 5.91 Å². The Hall–Kier alpha value is -3.32. The van der Waals surface area contributed by atoms with E-state index in [0.29, 0.717) is 48.0 Å². The first-order valence-corrected chi connectivity index (χ1v) is 10.5. The summed E-state index contributed by atoms with van der Waals surface area (Å²) in [5, 5.41) is 6.22. The van der Waals surface area contributed by atoms with Gasteiger partial charge in [-0.05, 0) is 54.8 Å². The van der Waals surface area contributed by atoms with Gasteiger partial charge in [0.05, 0.1) is 5.69 Å². The maximum absolute atomic E-state index is 12.4. The molecule has 0 atom stereocenters. The molecule has 2 aliphatic rings. The van der Waals surface area contributed by atoms with E-state index in [1.54, 1.807) is 48.5 Å². The van der Waals surface area contributed by atoms with Crippen molar-refractivity contribution >= 4 is 41.1 Å². The largest absolute Gasteiger partial charge is 0.449 e. The van der Waals surface area contributed by atoms with Crippen LogP contribution in [0.1, 0.15) is 35.2 Å². The molecule has 0 aromatic heterocycles. The molecule has 1 fully saturated rings. The van der Waals surface area contributed by atoms with E-state index in [1.165, 1.54) is 0 Å². The second-order valence-corrected chi connectivity index (χ2v) is 7.86. The highest BCUT2D eigenvalue weighted by molar-refractivity contribution is 6.30. The molecule has 0 bridgehead atoms. The van der Waals surface area contributed by atoms with Crippen LogP contribution in [0.15, 0.2) is 48.2 Å². The number of ether oxygens (including phenoxy) is 1. The molecule has 31 heavy (non-hydrogen) atoms. The van der Waals surface area contributed by atoms with Crippen molar-refractivity contribution in [3.05, 3.63) is 64.4 Å². The minimum atomic E-state index is -0.393. The van der Waals surface area contributed by atoms with Gasteiger partial charge in [-0.3, -0.25) is 14.4 Å². The van der Waals surface area contributed by atoms with Gasteiger partial charge in [-0.2, -0.15) is 0 Å². The highest BCUT2D eigenvalue weighted by Gasteiger charge is 2.23. The first-order valence-electron chi connectivity index (χ1n) is 10.2. The third kappa shape index (κ3) is 5.06. The van der Waals surface area contributed by atoms with Crippen molar-refractivity contribution in [2.24, 2.45) is 0 Å². The maximum atomic E-state index is 12.4. The maximum Gasteiger partial charge on any atom is 0.291 e. The van der Waals surface area contributed by atoms with Crippen LogP contribution in [-0.4, -0.2) is 42.3 Å². The number of benzene rings is 2. The third-order valence-corrected chi connectivity index (χ3v) is 5.42. The summed E-state index contributed by atoms with van der Waals surface area (Å²) in [5.41, 5.74) is 1.64. The summed E-state index contributed by atoms with van der Waals surface area (Å²) in [6.07, 6.45) is 3.85. The Morgan fingerprint density at radius 3 is 2.74 bits per heavy atom. The lowest BCUT2D eigenvalue weighted by Crippen LogP contribution is -2.30. The Bertz CT molecular complexity index is 1050. The van der Waals surface area contributed by atoms with Crippen molar-refractivity contribution in [2.75, 3.05) is 25.0 Å². The van der Waals surface area contributed by atoms with Crippen LogP contribution in [0.3, 0.4) is 0 Å². The lowest BCUT2D eigenvalue weighted by atomic mass is 10.1. The predicted molar refractivity (Wildman–Crippen MR) is 118 cm³/mol. The Labute approximate surface area is 185 Å². The summed E-state index contributed by atoms with van der Waals surface area (Å²) >= 11 is 5.89. The fourth-order valence-corrected chi connectivity index (χ4v) is 3.65. The summed E-state index contributed by atoms with van der Waals surface area (Å²) in [7, 11) is 0. The molecule has 2 aromatic carbocycles. The zero-order valence-corrected chi connectivity index (χ0v) is 17.6. The van der Waals surface area contributed by atoms with E-state index in [1.807, 2.05) is 4.90 Å². The normalized spacial score (nSPS) is 16.7. The summed E-state index contributed by atoms with van der Waals surface area (Å²) in [4.78, 5) is 38.3. The van der Waals surface area contributed by atoms with Gasteiger partial charge in [0, 0.05) is 36.6 Å². The van der Waals surface area contributed by atoms with Gasteiger partial charge >= 0.3 is 0 Å². The summed E-state index contributed by atoms with van der Waals surface area (Å²) in [5.74, 6) is 0.163. The van der Waals surface area contributed by atoms with Gasteiger partial charge < -0.3 is 20.3 Å². The molecular formula is C23H22ClN3O4. The molecule has 0 saturated carbocycles. The van der Waals surface area contributed by atoms with Crippen molar-refractivity contribution in [3.63, 3.8) is 0 Å². The lowest BCUT2D eigenvalue weighted by molar-refractivity contribution is -0.127. The zero-order chi connectivity index (χ0) is 21.8. The van der Waals surface area contributed by atoms with Crippen molar-refractivity contribution in [1.29, 1.82) is 0 Å². The topological polar surface area (TPSA) is 87.7 Å². The molecule has 0 radical (unpaired) electrons. The Morgan fingerprint density at radius 1 is 1.19 bits per heavy atom. The van der Waals surface area contributed by atoms with Crippen molar-refractivity contribution in [3.8, 4) is 5.75 Å². The first-order chi connectivity index (χ1) is 15.0. The molecular weight excluding hydrogens is 418 g/mol. The van der Waals surface area contributed by atoms with Gasteiger partial charge in [-0.1, -0.05) is 23.7 Å². The van der Waals surface area contributed by atoms with E-state index in [0.717, 1.165) is 18.5 Å². The highest BCUT2D eigenvalue weighted by Crippen LogP contribution is 2.32. The van der Waals surface area contributed by atoms with E-state index in [2.05, 4.69) is 10.6 Å². The standard InChI is InChI=1S/C23H22ClN3O4/c24-17-7-4-15(5-8-17)13-20-23(30)26-18-14-16(6-9-19(18)31-20)22(29)25-10-2-12-27-11-1-3-21(27)28/h4-9,13-14H,1-3,10-12H2,(H,25,29)(H,26,30)/b20-13-. The molecule has 3 amide bonds. The second-order valence-electron chi connectivity index (χ2n) is 7.42. The number of anilines is 1. The van der Waals surface area contributed by atoms with Crippen LogP contribution in [0, 0.1) is 0 Å². The fraction of sp³-hybridized carbons (Fsp3) is 0.261. The smallest absolute Gasteiger partial charge is 0.291 e. The summed E-state index contributed by atoms with van der Waals surface area (Å²) < 4.78 is 5.73. The molecule has 0 spiro atoms. The second kappa shape index (κ2) is 9.22. The number of carbonyl (C=O) groups excluding carboxylic acids is 3. The molecule has 2 aromatic rings. The van der Waals surface area contributed by atoms with Crippen LogP contribution in [-0.2, 0) is 9.59 Å². The number of likely N-dealkylation sites (tertiary alicyclic amines) is 1. The minimum absolute atomic E-state index is 0.156. The van der Waals surface area contributed by atoms with E-state index in [4.69, 9.17) is 16.3 Å². The van der Waals surface area contributed by atoms with Crippen LogP contribution in [0.5, 0.6) is 5.75 Å². The monoisotopic (exact) mass is 439 g/mol. The fourth-order valence-electron chi connectivity index (χ4n) is 3.53. The van der Waals surface area contributed by atoms with E-state index in [-0.39, 0.29) is 17.6 Å². The zero-order valence-electron chi connectivity index (χ0n) is 16.8. The van der Waals surface area contributed by atoms with Crippen LogP contribution in [0.2, 0.25) is 5.02 Å². The predicted octanol–water partition coefficient (Wildman–Crippen LogP) is 3.45. The number of halogens is 1. The molecule has 7 nitrogen and oxygen atoms in total. The van der Waals surface area contributed by atoms with Gasteiger partial charge in [0.15, 0.2) is 11.5 Å². The van der Waals surface area contributed by atoms with Crippen molar-refractivity contribution < 1.29 is 19.1 Å². The summed E-state index contributed by atoms with van der Waals surface area (Å²) in [6, 6.07) is 11.9. The summed E-state index contributed by atoms with van der Waals surface area (Å²) in [6.45, 7) is 1.91. The van der Waals surface area contributed by atoms with Crippen LogP contribution in [0.25, 0.3) is 6.08 Å². The van der Waals surface area contributed by atoms with Crippen molar-refractivity contribution in [1.82, 2.24) is 10.2 Å². The number of amides is 3.